The summed E-state index contributed by atoms with van der Waals surface area (Å²) in [5.74, 6) is -0.788. The van der Waals surface area contributed by atoms with Gasteiger partial charge < -0.3 is 10.0 Å². The zero-order chi connectivity index (χ0) is 8.43. The molecule has 0 saturated carbocycles. The van der Waals surface area contributed by atoms with Crippen LogP contribution in [-0.2, 0) is 0 Å². The van der Waals surface area contributed by atoms with Gasteiger partial charge in [-0.1, -0.05) is 23.7 Å². The van der Waals surface area contributed by atoms with E-state index in [4.69, 9.17) is 21.6 Å². The Balaban J connectivity index is 3.17. The van der Waals surface area contributed by atoms with E-state index >= 15 is 0 Å². The molecule has 2 nitrogen and oxygen atoms in total. The fraction of sp³-hybridized carbons (Fsp3) is 0. The number of hydrogen-bond donors (Lipinski definition) is 2. The first-order valence-corrected chi connectivity index (χ1v) is 3.31. The summed E-state index contributed by atoms with van der Waals surface area (Å²) in [5, 5.41) is 17.1. The molecule has 0 bridgehead atoms. The van der Waals surface area contributed by atoms with E-state index in [1.165, 1.54) is 18.2 Å². The van der Waals surface area contributed by atoms with Crippen LogP contribution in [-0.4, -0.2) is 17.2 Å². The molecule has 2 N–H and O–H groups in total. The van der Waals surface area contributed by atoms with Crippen LogP contribution in [0.2, 0.25) is 5.02 Å². The molecule has 0 aliphatic rings. The van der Waals surface area contributed by atoms with Crippen LogP contribution in [0, 0.1) is 5.82 Å². The van der Waals surface area contributed by atoms with Crippen molar-refractivity contribution in [3.05, 3.63) is 29.0 Å². The highest BCUT2D eigenvalue weighted by molar-refractivity contribution is 6.59. The van der Waals surface area contributed by atoms with Gasteiger partial charge in [-0.3, -0.25) is 0 Å². The molecule has 58 valence electrons. The lowest BCUT2D eigenvalue weighted by atomic mass is 9.80. The molecule has 0 atom stereocenters. The van der Waals surface area contributed by atoms with Gasteiger partial charge in [0.25, 0.3) is 0 Å². The Kier molecular flexibility index (Phi) is 2.49. The first-order chi connectivity index (χ1) is 5.13. The van der Waals surface area contributed by atoms with Crippen LogP contribution in [0.15, 0.2) is 18.2 Å². The molecule has 0 heterocycles. The highest BCUT2D eigenvalue weighted by Gasteiger charge is 2.17. The van der Waals surface area contributed by atoms with Gasteiger partial charge in [0.1, 0.15) is 5.82 Å². The van der Waals surface area contributed by atoms with Gasteiger partial charge in [-0.25, -0.2) is 4.39 Å². The van der Waals surface area contributed by atoms with E-state index in [0.717, 1.165) is 0 Å². The maximum absolute atomic E-state index is 12.8. The Labute approximate surface area is 68.4 Å². The molecular weight excluding hydrogens is 169 g/mol. The third-order valence-corrected chi connectivity index (χ3v) is 1.55. The summed E-state index contributed by atoms with van der Waals surface area (Å²) in [7, 11) is -1.81. The van der Waals surface area contributed by atoms with Crippen molar-refractivity contribution in [1.29, 1.82) is 0 Å². The maximum Gasteiger partial charge on any atom is 0.491 e. The summed E-state index contributed by atoms with van der Waals surface area (Å²) in [4.78, 5) is 0. The van der Waals surface area contributed by atoms with E-state index in [1.807, 2.05) is 0 Å². The predicted molar refractivity (Wildman–Crippen MR) is 41.2 cm³/mol. The van der Waals surface area contributed by atoms with Crippen molar-refractivity contribution in [3.8, 4) is 0 Å². The standard InChI is InChI=1S/C6H5BClFO2/c8-5-3-1-2-4(6(5)9)7(10)11/h1-3,10-11H. The van der Waals surface area contributed by atoms with E-state index in [-0.39, 0.29) is 10.5 Å². The van der Waals surface area contributed by atoms with Crippen LogP contribution in [0.5, 0.6) is 0 Å². The van der Waals surface area contributed by atoms with Gasteiger partial charge in [-0.2, -0.15) is 0 Å². The number of benzene rings is 1. The first kappa shape index (κ1) is 8.52. The average Bonchev–Trinajstić information content (AvgIpc) is 1.94. The van der Waals surface area contributed by atoms with E-state index in [2.05, 4.69) is 0 Å². The lowest BCUT2D eigenvalue weighted by molar-refractivity contribution is 0.423. The Hall–Kier alpha value is -0.575. The summed E-state index contributed by atoms with van der Waals surface area (Å²) in [6.45, 7) is 0. The fourth-order valence-corrected chi connectivity index (χ4v) is 0.902. The van der Waals surface area contributed by atoms with Crippen molar-refractivity contribution in [2.75, 3.05) is 0 Å². The van der Waals surface area contributed by atoms with Crippen molar-refractivity contribution in [2.24, 2.45) is 0 Å². The molecule has 11 heavy (non-hydrogen) atoms. The lowest BCUT2D eigenvalue weighted by Crippen LogP contribution is -2.32. The predicted octanol–water partition coefficient (Wildman–Crippen LogP) is 0.159. The molecule has 0 aliphatic heterocycles. The second-order valence-corrected chi connectivity index (χ2v) is 2.42. The summed E-state index contributed by atoms with van der Waals surface area (Å²) in [6.07, 6.45) is 0. The summed E-state index contributed by atoms with van der Waals surface area (Å²) >= 11 is 5.36. The molecule has 0 amide bonds. The Bertz CT molecular complexity index is 267. The van der Waals surface area contributed by atoms with Crippen LogP contribution in [0.4, 0.5) is 4.39 Å². The molecule has 1 rings (SSSR count). The van der Waals surface area contributed by atoms with Crippen LogP contribution < -0.4 is 5.46 Å². The summed E-state index contributed by atoms with van der Waals surface area (Å²) < 4.78 is 12.8. The molecule has 1 aromatic rings. The van der Waals surface area contributed by atoms with Gasteiger partial charge in [-0.15, -0.1) is 0 Å². The lowest BCUT2D eigenvalue weighted by Gasteiger charge is -2.01. The quantitative estimate of drug-likeness (QED) is 0.596. The third-order valence-electron chi connectivity index (χ3n) is 1.26. The van der Waals surface area contributed by atoms with Gasteiger partial charge in [0.15, 0.2) is 0 Å². The molecule has 1 aromatic carbocycles. The largest absolute Gasteiger partial charge is 0.491 e. The topological polar surface area (TPSA) is 40.5 Å². The van der Waals surface area contributed by atoms with Crippen molar-refractivity contribution in [3.63, 3.8) is 0 Å². The van der Waals surface area contributed by atoms with E-state index in [1.54, 1.807) is 0 Å². The molecule has 0 fully saturated rings. The maximum atomic E-state index is 12.8. The Morgan fingerprint density at radius 2 is 2.00 bits per heavy atom. The van der Waals surface area contributed by atoms with Gasteiger partial charge in [0.2, 0.25) is 0 Å². The molecule has 0 aliphatic carbocycles. The van der Waals surface area contributed by atoms with Crippen LogP contribution >= 0.6 is 11.6 Å². The van der Waals surface area contributed by atoms with E-state index in [0.29, 0.717) is 0 Å². The number of halogens is 2. The second-order valence-electron chi connectivity index (χ2n) is 2.02. The van der Waals surface area contributed by atoms with Crippen molar-refractivity contribution in [2.45, 2.75) is 0 Å². The Morgan fingerprint density at radius 1 is 1.36 bits per heavy atom. The molecule has 0 spiro atoms. The Morgan fingerprint density at radius 3 is 2.45 bits per heavy atom. The smallest absolute Gasteiger partial charge is 0.423 e. The third kappa shape index (κ3) is 1.71. The molecule has 0 saturated heterocycles. The van der Waals surface area contributed by atoms with Crippen LogP contribution in [0.3, 0.4) is 0 Å². The van der Waals surface area contributed by atoms with Crippen molar-refractivity contribution >= 4 is 24.2 Å². The van der Waals surface area contributed by atoms with Crippen molar-refractivity contribution in [1.82, 2.24) is 0 Å². The van der Waals surface area contributed by atoms with E-state index < -0.39 is 12.9 Å². The zero-order valence-electron chi connectivity index (χ0n) is 5.46. The number of rotatable bonds is 1. The molecule has 5 heteroatoms. The molecule has 0 radical (unpaired) electrons. The van der Waals surface area contributed by atoms with E-state index in [9.17, 15) is 4.39 Å². The van der Waals surface area contributed by atoms with Gasteiger partial charge in [0.05, 0.1) is 5.02 Å². The molecule has 0 aromatic heterocycles. The van der Waals surface area contributed by atoms with Gasteiger partial charge >= 0.3 is 7.12 Å². The SMILES string of the molecule is OB(O)c1cccc(Cl)c1F. The summed E-state index contributed by atoms with van der Waals surface area (Å²) in [5.41, 5.74) is -0.211. The minimum absolute atomic E-state index is 0.115. The average molecular weight is 174 g/mol. The van der Waals surface area contributed by atoms with Gasteiger partial charge in [-0.05, 0) is 6.07 Å². The van der Waals surface area contributed by atoms with Crippen molar-refractivity contribution < 1.29 is 14.4 Å². The highest BCUT2D eigenvalue weighted by Crippen LogP contribution is 2.10. The highest BCUT2D eigenvalue weighted by atomic mass is 35.5. The molecular formula is C6H5BClFO2. The fourth-order valence-electron chi connectivity index (χ4n) is 0.720. The van der Waals surface area contributed by atoms with Gasteiger partial charge in [0, 0.05) is 5.46 Å². The molecule has 0 unspecified atom stereocenters. The second kappa shape index (κ2) is 3.22. The minimum atomic E-state index is -1.81. The normalized spacial score (nSPS) is 9.82. The summed E-state index contributed by atoms with van der Waals surface area (Å²) in [6, 6.07) is 4.04. The van der Waals surface area contributed by atoms with Crippen LogP contribution in [0.1, 0.15) is 0 Å². The minimum Gasteiger partial charge on any atom is -0.423 e. The number of hydrogen-bond acceptors (Lipinski definition) is 2. The first-order valence-electron chi connectivity index (χ1n) is 2.93. The van der Waals surface area contributed by atoms with Crippen LogP contribution in [0.25, 0.3) is 0 Å². The zero-order valence-corrected chi connectivity index (χ0v) is 6.22. The monoisotopic (exact) mass is 174 g/mol.